The van der Waals surface area contributed by atoms with Crippen molar-refractivity contribution in [1.29, 1.82) is 0 Å². The second-order valence-electron chi connectivity index (χ2n) is 2.25. The lowest BCUT2D eigenvalue weighted by atomic mass is 10.4. The van der Waals surface area contributed by atoms with E-state index in [-0.39, 0.29) is 11.0 Å². The largest absolute Gasteiger partial charge is 0.290 e. The van der Waals surface area contributed by atoms with Crippen LogP contribution in [0.2, 0.25) is 5.15 Å². The van der Waals surface area contributed by atoms with Crippen LogP contribution in [-0.2, 0) is 0 Å². The summed E-state index contributed by atoms with van der Waals surface area (Å²) in [6, 6.07) is 2.93. The van der Waals surface area contributed by atoms with Crippen LogP contribution in [0.15, 0.2) is 23.1 Å². The number of halogens is 3. The van der Waals surface area contributed by atoms with Crippen LogP contribution in [0.25, 0.3) is 5.52 Å². The third-order valence-electron chi connectivity index (χ3n) is 1.53. The summed E-state index contributed by atoms with van der Waals surface area (Å²) in [5, 5.41) is 0.167. The van der Waals surface area contributed by atoms with E-state index in [1.807, 2.05) is 0 Å². The first-order chi connectivity index (χ1) is 5.70. The lowest BCUT2D eigenvalue weighted by Crippen LogP contribution is -1.86. The molecule has 0 radical (unpaired) electrons. The molecule has 12 heavy (non-hydrogen) atoms. The van der Waals surface area contributed by atoms with Crippen molar-refractivity contribution in [3.63, 3.8) is 0 Å². The van der Waals surface area contributed by atoms with Crippen molar-refractivity contribution in [2.45, 2.75) is 0 Å². The molecule has 0 saturated heterocycles. The molecule has 0 aliphatic heterocycles. The maximum absolute atomic E-state index is 13.1. The molecule has 62 valence electrons. The summed E-state index contributed by atoms with van der Waals surface area (Å²) < 4.78 is 15.1. The van der Waals surface area contributed by atoms with Gasteiger partial charge in [-0.05, 0) is 28.1 Å². The number of nitrogens with zero attached hydrogens (tertiary/aromatic N) is 2. The van der Waals surface area contributed by atoms with Crippen LogP contribution in [0.5, 0.6) is 0 Å². The minimum Gasteiger partial charge on any atom is -0.290 e. The van der Waals surface area contributed by atoms with Gasteiger partial charge < -0.3 is 0 Å². The molecule has 2 aromatic heterocycles. The highest BCUT2D eigenvalue weighted by Gasteiger charge is 2.10. The van der Waals surface area contributed by atoms with E-state index in [1.165, 1.54) is 10.5 Å². The normalized spacial score (nSPS) is 10.9. The van der Waals surface area contributed by atoms with Gasteiger partial charge in [-0.25, -0.2) is 9.37 Å². The Labute approximate surface area is 81.1 Å². The molecule has 0 amide bonds. The smallest absolute Gasteiger partial charge is 0.183 e. The van der Waals surface area contributed by atoms with Gasteiger partial charge in [0.05, 0.1) is 0 Å². The van der Waals surface area contributed by atoms with Crippen LogP contribution in [0.4, 0.5) is 4.39 Å². The zero-order valence-electron chi connectivity index (χ0n) is 5.76. The van der Waals surface area contributed by atoms with Gasteiger partial charge in [-0.3, -0.25) is 4.40 Å². The molecule has 0 bridgehead atoms. The van der Waals surface area contributed by atoms with Crippen LogP contribution < -0.4 is 0 Å². The highest BCUT2D eigenvalue weighted by atomic mass is 79.9. The number of pyridine rings is 1. The van der Waals surface area contributed by atoms with E-state index in [0.717, 1.165) is 0 Å². The fourth-order valence-corrected chi connectivity index (χ4v) is 1.86. The first-order valence-corrected chi connectivity index (χ1v) is 4.35. The Hall–Kier alpha value is -0.610. The van der Waals surface area contributed by atoms with Crippen molar-refractivity contribution in [2.24, 2.45) is 0 Å². The number of rotatable bonds is 0. The quantitative estimate of drug-likeness (QED) is 0.702. The van der Waals surface area contributed by atoms with Crippen LogP contribution in [0.1, 0.15) is 0 Å². The van der Waals surface area contributed by atoms with Gasteiger partial charge in [-0.2, -0.15) is 0 Å². The van der Waals surface area contributed by atoms with Gasteiger partial charge in [0, 0.05) is 6.20 Å². The van der Waals surface area contributed by atoms with E-state index >= 15 is 0 Å². The van der Waals surface area contributed by atoms with Crippen LogP contribution >= 0.6 is 27.5 Å². The molecule has 2 rings (SSSR count). The molecule has 0 saturated carbocycles. The van der Waals surface area contributed by atoms with E-state index in [4.69, 9.17) is 11.6 Å². The first-order valence-electron chi connectivity index (χ1n) is 3.17. The summed E-state index contributed by atoms with van der Waals surface area (Å²) in [6.45, 7) is 0. The van der Waals surface area contributed by atoms with Crippen LogP contribution in [-0.4, -0.2) is 9.38 Å². The van der Waals surface area contributed by atoms with Crippen molar-refractivity contribution in [3.8, 4) is 0 Å². The zero-order valence-corrected chi connectivity index (χ0v) is 8.10. The molecule has 0 N–H and O–H groups in total. The van der Waals surface area contributed by atoms with Gasteiger partial charge in [-0.1, -0.05) is 11.6 Å². The monoisotopic (exact) mass is 248 g/mol. The Bertz CT molecular complexity index is 440. The standard InChI is InChI=1S/C7H3BrClFN2/c8-7-11-6(9)5-4(10)2-1-3-12(5)7/h1-3H. The van der Waals surface area contributed by atoms with Gasteiger partial charge in [0.1, 0.15) is 11.3 Å². The van der Waals surface area contributed by atoms with Crippen molar-refractivity contribution in [1.82, 2.24) is 9.38 Å². The molecule has 2 heterocycles. The summed E-state index contributed by atoms with van der Waals surface area (Å²) >= 11 is 8.83. The summed E-state index contributed by atoms with van der Waals surface area (Å²) in [4.78, 5) is 3.86. The molecule has 0 aromatic carbocycles. The topological polar surface area (TPSA) is 17.3 Å². The zero-order chi connectivity index (χ0) is 8.72. The molecule has 0 aliphatic carbocycles. The average Bonchev–Trinajstić information content (AvgIpc) is 2.29. The van der Waals surface area contributed by atoms with Crippen molar-refractivity contribution >= 4 is 33.0 Å². The Morgan fingerprint density at radius 1 is 1.58 bits per heavy atom. The Balaban J connectivity index is 2.99. The number of fused-ring (bicyclic) bond motifs is 1. The van der Waals surface area contributed by atoms with Crippen molar-refractivity contribution in [3.05, 3.63) is 34.0 Å². The van der Waals surface area contributed by atoms with Gasteiger partial charge in [-0.15, -0.1) is 0 Å². The number of hydrogen-bond donors (Lipinski definition) is 0. The first kappa shape index (κ1) is 8.01. The van der Waals surface area contributed by atoms with Crippen LogP contribution in [0, 0.1) is 5.82 Å². The maximum Gasteiger partial charge on any atom is 0.183 e. The summed E-state index contributed by atoms with van der Waals surface area (Å²) in [6.07, 6.45) is 1.68. The molecule has 0 spiro atoms. The van der Waals surface area contributed by atoms with E-state index in [0.29, 0.717) is 10.3 Å². The molecule has 2 nitrogen and oxygen atoms in total. The molecular weight excluding hydrogens is 246 g/mol. The summed E-state index contributed by atoms with van der Waals surface area (Å²) in [7, 11) is 0. The Morgan fingerprint density at radius 2 is 2.33 bits per heavy atom. The Morgan fingerprint density at radius 3 is 3.00 bits per heavy atom. The fraction of sp³-hybridized carbons (Fsp3) is 0. The predicted molar refractivity (Wildman–Crippen MR) is 47.9 cm³/mol. The lowest BCUT2D eigenvalue weighted by molar-refractivity contribution is 0.633. The molecule has 5 heteroatoms. The molecule has 0 fully saturated rings. The number of imidazole rings is 1. The fourth-order valence-electron chi connectivity index (χ4n) is 1.02. The number of hydrogen-bond acceptors (Lipinski definition) is 1. The minimum absolute atomic E-state index is 0.167. The van der Waals surface area contributed by atoms with Gasteiger partial charge in [0.15, 0.2) is 9.89 Å². The van der Waals surface area contributed by atoms with Gasteiger partial charge in [0.2, 0.25) is 0 Å². The molecule has 0 aliphatic rings. The summed E-state index contributed by atoms with van der Waals surface area (Å²) in [5.41, 5.74) is 0.297. The lowest BCUT2D eigenvalue weighted by Gasteiger charge is -1.94. The van der Waals surface area contributed by atoms with E-state index in [2.05, 4.69) is 20.9 Å². The third kappa shape index (κ3) is 1.03. The van der Waals surface area contributed by atoms with E-state index in [1.54, 1.807) is 12.3 Å². The van der Waals surface area contributed by atoms with Gasteiger partial charge in [0.25, 0.3) is 0 Å². The second-order valence-corrected chi connectivity index (χ2v) is 3.31. The van der Waals surface area contributed by atoms with Gasteiger partial charge >= 0.3 is 0 Å². The van der Waals surface area contributed by atoms with Crippen LogP contribution in [0.3, 0.4) is 0 Å². The predicted octanol–water partition coefficient (Wildman–Crippen LogP) is 2.89. The number of aromatic nitrogens is 2. The molecule has 2 aromatic rings. The van der Waals surface area contributed by atoms with E-state index < -0.39 is 0 Å². The molecular formula is C7H3BrClFN2. The highest BCUT2D eigenvalue weighted by molar-refractivity contribution is 9.10. The minimum atomic E-state index is -0.374. The molecule has 0 atom stereocenters. The summed E-state index contributed by atoms with van der Waals surface area (Å²) in [5.74, 6) is -0.374. The molecule has 0 unspecified atom stereocenters. The second kappa shape index (κ2) is 2.71. The maximum atomic E-state index is 13.1. The SMILES string of the molecule is Fc1cccn2c(Br)nc(Cl)c12. The van der Waals surface area contributed by atoms with Crippen molar-refractivity contribution in [2.75, 3.05) is 0 Å². The third-order valence-corrected chi connectivity index (χ3v) is 2.35. The van der Waals surface area contributed by atoms with E-state index in [9.17, 15) is 4.39 Å². The van der Waals surface area contributed by atoms with Crippen molar-refractivity contribution < 1.29 is 4.39 Å². The highest BCUT2D eigenvalue weighted by Crippen LogP contribution is 2.23. The average molecular weight is 249 g/mol. The Kier molecular flexibility index (Phi) is 1.81.